The van der Waals surface area contributed by atoms with Gasteiger partial charge in [-0.1, -0.05) is 0 Å². The summed E-state index contributed by atoms with van der Waals surface area (Å²) in [7, 11) is 1.00. The van der Waals surface area contributed by atoms with Gasteiger partial charge < -0.3 is 5.11 Å². The molecule has 0 aromatic rings. The Bertz CT molecular complexity index is 8.00. The summed E-state index contributed by atoms with van der Waals surface area (Å²) in [6.45, 7) is 0. The summed E-state index contributed by atoms with van der Waals surface area (Å²) in [5.41, 5.74) is 0. The maximum atomic E-state index is 7.00. The number of hydrogen-bond acceptors (Lipinski definition) is 1. The van der Waals surface area contributed by atoms with Gasteiger partial charge in [0.25, 0.3) is 0 Å². The summed E-state index contributed by atoms with van der Waals surface area (Å²) in [5.74, 6) is 0. The van der Waals surface area contributed by atoms with Gasteiger partial charge >= 0.3 is 51.4 Å². The molecule has 0 spiro atoms. The molecule has 0 rings (SSSR count). The van der Waals surface area contributed by atoms with E-state index in [4.69, 9.17) is 5.11 Å². The minimum atomic E-state index is 0. The van der Waals surface area contributed by atoms with Crippen LogP contribution in [0.25, 0.3) is 0 Å². The van der Waals surface area contributed by atoms with E-state index in [1.165, 1.54) is 0 Å². The van der Waals surface area contributed by atoms with Crippen LogP contribution in [0.4, 0.5) is 0 Å². The van der Waals surface area contributed by atoms with Crippen LogP contribution in [0.15, 0.2) is 0 Å². The molecule has 0 aliphatic carbocycles. The Kier molecular flexibility index (Phi) is 85.2. The van der Waals surface area contributed by atoms with Crippen LogP contribution in [-0.4, -0.2) is 12.2 Å². The second-order valence-electron chi connectivity index (χ2n) is 0. The average molecular weight is 105 g/mol. The molecule has 0 aliphatic rings. The molecule has 1 nitrogen and oxygen atoms in total. The number of hydrogen-bond donors (Lipinski definition) is 1. The Balaban J connectivity index is -0.00000000500. The van der Waals surface area contributed by atoms with Gasteiger partial charge in [0.2, 0.25) is 0 Å². The van der Waals surface area contributed by atoms with Crippen molar-refractivity contribution in [2.45, 2.75) is 0 Å². The Morgan fingerprint density at radius 2 is 1.25 bits per heavy atom. The molecule has 0 amide bonds. The maximum absolute atomic E-state index is 7.00. The zero-order valence-electron chi connectivity index (χ0n) is 2.95. The average Bonchev–Trinajstić information content (AvgIpc) is 1.00. The molecule has 0 saturated carbocycles. The first kappa shape index (κ1) is 16.8. The van der Waals surface area contributed by atoms with Crippen LogP contribution in [-0.2, 0) is 0 Å². The standard InChI is InChI=1S/CH4O.K.H2S/c1-2;;/h2H,1H3;;1H2/q;+1;. The maximum Gasteiger partial charge on any atom is 1.00 e. The van der Waals surface area contributed by atoms with Crippen molar-refractivity contribution in [2.24, 2.45) is 0 Å². The minimum absolute atomic E-state index is 0. The summed E-state index contributed by atoms with van der Waals surface area (Å²) in [5, 5.41) is 7.00. The van der Waals surface area contributed by atoms with Crippen molar-refractivity contribution in [1.82, 2.24) is 0 Å². The molecule has 3 heteroatoms. The predicted octanol–water partition coefficient (Wildman–Crippen LogP) is -3.27. The van der Waals surface area contributed by atoms with Crippen molar-refractivity contribution in [3.8, 4) is 0 Å². The van der Waals surface area contributed by atoms with Gasteiger partial charge in [-0.2, -0.15) is 13.5 Å². The molecule has 4 heavy (non-hydrogen) atoms. The van der Waals surface area contributed by atoms with E-state index in [1.54, 1.807) is 0 Å². The van der Waals surface area contributed by atoms with Crippen molar-refractivity contribution in [3.05, 3.63) is 0 Å². The topological polar surface area (TPSA) is 20.2 Å². The molecule has 0 aromatic carbocycles. The molecule has 22 valence electrons. The van der Waals surface area contributed by atoms with E-state index < -0.39 is 0 Å². The van der Waals surface area contributed by atoms with E-state index in [9.17, 15) is 0 Å². The van der Waals surface area contributed by atoms with Crippen LogP contribution in [0.3, 0.4) is 0 Å². The molecule has 0 unspecified atom stereocenters. The molecule has 0 heterocycles. The monoisotopic (exact) mass is 105 g/mol. The molecular formula is CH6KOS+. The molecule has 0 atom stereocenters. The van der Waals surface area contributed by atoms with Gasteiger partial charge in [-0.05, 0) is 0 Å². The largest absolute Gasteiger partial charge is 1.00 e. The van der Waals surface area contributed by atoms with Crippen molar-refractivity contribution in [2.75, 3.05) is 7.11 Å². The second-order valence-corrected chi connectivity index (χ2v) is 0. The predicted molar refractivity (Wildman–Crippen MR) is 18.5 cm³/mol. The molecule has 0 radical (unpaired) electrons. The smallest absolute Gasteiger partial charge is 0.400 e. The van der Waals surface area contributed by atoms with Gasteiger partial charge in [0.1, 0.15) is 0 Å². The zero-order valence-corrected chi connectivity index (χ0v) is 7.07. The zero-order chi connectivity index (χ0) is 2.00. The third kappa shape index (κ3) is 9.04. The van der Waals surface area contributed by atoms with E-state index in [1.807, 2.05) is 0 Å². The van der Waals surface area contributed by atoms with Crippen LogP contribution in [0, 0.1) is 0 Å². The molecule has 0 bridgehead atoms. The Morgan fingerprint density at radius 1 is 1.25 bits per heavy atom. The van der Waals surface area contributed by atoms with Gasteiger partial charge in [-0.3, -0.25) is 0 Å². The fourth-order valence-electron chi connectivity index (χ4n) is 0. The van der Waals surface area contributed by atoms with Gasteiger partial charge in [0.05, 0.1) is 0 Å². The Morgan fingerprint density at radius 3 is 1.25 bits per heavy atom. The van der Waals surface area contributed by atoms with Crippen molar-refractivity contribution in [3.63, 3.8) is 0 Å². The van der Waals surface area contributed by atoms with Gasteiger partial charge in [0.15, 0.2) is 0 Å². The number of rotatable bonds is 0. The van der Waals surface area contributed by atoms with Crippen LogP contribution in [0.1, 0.15) is 0 Å². The first-order valence-corrected chi connectivity index (χ1v) is 0.447. The molecule has 0 aromatic heterocycles. The summed E-state index contributed by atoms with van der Waals surface area (Å²) in [6.07, 6.45) is 0. The van der Waals surface area contributed by atoms with Crippen molar-refractivity contribution >= 4 is 13.5 Å². The minimum Gasteiger partial charge on any atom is -0.400 e. The van der Waals surface area contributed by atoms with E-state index in [0.717, 1.165) is 7.11 Å². The molecule has 1 N–H and O–H groups in total. The van der Waals surface area contributed by atoms with Crippen LogP contribution in [0.5, 0.6) is 0 Å². The summed E-state index contributed by atoms with van der Waals surface area (Å²) in [6, 6.07) is 0. The van der Waals surface area contributed by atoms with E-state index in [2.05, 4.69) is 0 Å². The van der Waals surface area contributed by atoms with Crippen molar-refractivity contribution < 1.29 is 56.5 Å². The summed E-state index contributed by atoms with van der Waals surface area (Å²) >= 11 is 0. The summed E-state index contributed by atoms with van der Waals surface area (Å²) < 4.78 is 0. The Hall–Kier alpha value is 1.95. The number of aliphatic hydroxyl groups is 1. The SMILES string of the molecule is CO.S.[K+]. The van der Waals surface area contributed by atoms with Crippen LogP contribution in [0.2, 0.25) is 0 Å². The van der Waals surface area contributed by atoms with Gasteiger partial charge in [-0.15, -0.1) is 0 Å². The molecular weight excluding hydrogens is 99.2 g/mol. The fraction of sp³-hybridized carbons (Fsp3) is 1.00. The molecule has 0 saturated heterocycles. The number of aliphatic hydroxyl groups excluding tert-OH is 1. The van der Waals surface area contributed by atoms with E-state index in [0.29, 0.717) is 0 Å². The molecule has 0 fully saturated rings. The van der Waals surface area contributed by atoms with Crippen LogP contribution >= 0.6 is 13.5 Å². The third-order valence-corrected chi connectivity index (χ3v) is 0. The third-order valence-electron chi connectivity index (χ3n) is 0. The van der Waals surface area contributed by atoms with E-state index >= 15 is 0 Å². The second kappa shape index (κ2) is 20.3. The summed E-state index contributed by atoms with van der Waals surface area (Å²) in [4.78, 5) is 0. The van der Waals surface area contributed by atoms with Gasteiger partial charge in [0, 0.05) is 7.11 Å². The van der Waals surface area contributed by atoms with Gasteiger partial charge in [-0.25, -0.2) is 0 Å². The van der Waals surface area contributed by atoms with E-state index in [-0.39, 0.29) is 64.9 Å². The first-order valence-electron chi connectivity index (χ1n) is 0.447. The molecule has 0 aliphatic heterocycles. The normalized spacial score (nSPS) is 1.50. The van der Waals surface area contributed by atoms with Crippen molar-refractivity contribution in [1.29, 1.82) is 0 Å². The Labute approximate surface area is 75.6 Å². The van der Waals surface area contributed by atoms with Crippen LogP contribution < -0.4 is 51.4 Å². The fourth-order valence-corrected chi connectivity index (χ4v) is 0. The first-order chi connectivity index (χ1) is 1.00. The quantitative estimate of drug-likeness (QED) is 0.320.